The van der Waals surface area contributed by atoms with Crippen molar-refractivity contribution in [1.82, 2.24) is 0 Å². The van der Waals surface area contributed by atoms with Crippen molar-refractivity contribution in [1.29, 1.82) is 0 Å². The van der Waals surface area contributed by atoms with Gasteiger partial charge in [-0.3, -0.25) is 0 Å². The highest BCUT2D eigenvalue weighted by Gasteiger charge is 2.22. The number of benzene rings is 1. The van der Waals surface area contributed by atoms with Gasteiger partial charge in [0.2, 0.25) is 0 Å². The normalized spacial score (nSPS) is 22.4. The largest absolute Gasteiger partial charge is 0.378 e. The van der Waals surface area contributed by atoms with Gasteiger partial charge in [0.15, 0.2) is 0 Å². The van der Waals surface area contributed by atoms with Gasteiger partial charge in [-0.05, 0) is 43.2 Å². The molecule has 118 valence electrons. The van der Waals surface area contributed by atoms with Crippen LogP contribution in [0.4, 0.5) is 0 Å². The Morgan fingerprint density at radius 1 is 0.952 bits per heavy atom. The van der Waals surface area contributed by atoms with Crippen LogP contribution in [-0.4, -0.2) is 12.7 Å². The van der Waals surface area contributed by atoms with E-state index in [1.807, 2.05) is 0 Å². The Morgan fingerprint density at radius 3 is 2.33 bits per heavy atom. The molecule has 0 bridgehead atoms. The lowest BCUT2D eigenvalue weighted by Crippen LogP contribution is -2.24. The van der Waals surface area contributed by atoms with Gasteiger partial charge in [-0.25, -0.2) is 0 Å². The van der Waals surface area contributed by atoms with Crippen molar-refractivity contribution in [2.24, 2.45) is 0 Å². The van der Waals surface area contributed by atoms with Crippen LogP contribution in [0.25, 0.3) is 0 Å². The second-order valence-electron chi connectivity index (χ2n) is 6.57. The minimum Gasteiger partial charge on any atom is -0.378 e. The van der Waals surface area contributed by atoms with E-state index in [0.29, 0.717) is 12.0 Å². The number of hydrogen-bond acceptors (Lipinski definition) is 1. The quantitative estimate of drug-likeness (QED) is 0.543. The number of rotatable bonds is 8. The van der Waals surface area contributed by atoms with E-state index < -0.39 is 0 Å². The number of aryl methyl sites for hydroxylation is 1. The van der Waals surface area contributed by atoms with Gasteiger partial charge in [0.25, 0.3) is 0 Å². The van der Waals surface area contributed by atoms with E-state index in [1.165, 1.54) is 68.9 Å². The lowest BCUT2D eigenvalue weighted by molar-refractivity contribution is -0.00189. The average Bonchev–Trinajstić information content (AvgIpc) is 2.54. The van der Waals surface area contributed by atoms with Crippen LogP contribution in [0.2, 0.25) is 0 Å². The summed E-state index contributed by atoms with van der Waals surface area (Å²) in [6.07, 6.45) is 12.1. The molecule has 0 spiro atoms. The summed E-state index contributed by atoms with van der Waals surface area (Å²) in [4.78, 5) is 0. The third-order valence-electron chi connectivity index (χ3n) is 4.77. The molecule has 1 heteroatoms. The molecule has 0 radical (unpaired) electrons. The molecule has 0 aliphatic carbocycles. The first-order valence-corrected chi connectivity index (χ1v) is 9.04. The highest BCUT2D eigenvalue weighted by Crippen LogP contribution is 2.30. The maximum Gasteiger partial charge on any atom is 0.0575 e. The summed E-state index contributed by atoms with van der Waals surface area (Å²) in [5, 5.41) is 0. The van der Waals surface area contributed by atoms with Gasteiger partial charge in [-0.2, -0.15) is 0 Å². The molecule has 1 aromatic carbocycles. The summed E-state index contributed by atoms with van der Waals surface area (Å²) in [7, 11) is 0. The Hall–Kier alpha value is -0.820. The van der Waals surface area contributed by atoms with Crippen molar-refractivity contribution >= 4 is 0 Å². The zero-order chi connectivity index (χ0) is 14.9. The summed E-state index contributed by atoms with van der Waals surface area (Å²) in [6, 6.07) is 9.33. The van der Waals surface area contributed by atoms with E-state index in [1.54, 1.807) is 0 Å². The molecular weight excluding hydrogens is 256 g/mol. The predicted octanol–water partition coefficient (Wildman–Crippen LogP) is 5.87. The third kappa shape index (κ3) is 5.47. The Labute approximate surface area is 131 Å². The number of hydrogen-bond donors (Lipinski definition) is 0. The zero-order valence-corrected chi connectivity index (χ0v) is 13.9. The van der Waals surface area contributed by atoms with Crippen LogP contribution in [0, 0.1) is 0 Å². The molecule has 1 heterocycles. The van der Waals surface area contributed by atoms with Crippen LogP contribution in [0.15, 0.2) is 24.3 Å². The number of unbranched alkanes of at least 4 members (excludes halogenated alkanes) is 3. The third-order valence-corrected chi connectivity index (χ3v) is 4.77. The lowest BCUT2D eigenvalue weighted by Gasteiger charge is -2.29. The van der Waals surface area contributed by atoms with E-state index in [0.717, 1.165) is 6.61 Å². The van der Waals surface area contributed by atoms with Crippen molar-refractivity contribution in [3.8, 4) is 0 Å². The van der Waals surface area contributed by atoms with Gasteiger partial charge in [0.1, 0.15) is 0 Å². The molecule has 1 saturated heterocycles. The SMILES string of the molecule is CCCCCc1ccc(C2CCC(CCCC)OC2)cc1. The standard InChI is InChI=1S/C20H32O/c1-3-5-7-8-17-10-12-18(13-11-17)19-14-15-20(21-16-19)9-6-4-2/h10-13,19-20H,3-9,14-16H2,1-2H3. The molecule has 0 saturated carbocycles. The molecule has 0 N–H and O–H groups in total. The zero-order valence-electron chi connectivity index (χ0n) is 13.9. The Balaban J connectivity index is 1.78. The first kappa shape index (κ1) is 16.5. The van der Waals surface area contributed by atoms with Gasteiger partial charge in [0.05, 0.1) is 12.7 Å². The van der Waals surface area contributed by atoms with Crippen LogP contribution >= 0.6 is 0 Å². The fourth-order valence-electron chi connectivity index (χ4n) is 3.26. The highest BCUT2D eigenvalue weighted by atomic mass is 16.5. The van der Waals surface area contributed by atoms with Gasteiger partial charge < -0.3 is 4.74 Å². The summed E-state index contributed by atoms with van der Waals surface area (Å²) in [5.41, 5.74) is 2.97. The van der Waals surface area contributed by atoms with Crippen LogP contribution < -0.4 is 0 Å². The summed E-state index contributed by atoms with van der Waals surface area (Å²) >= 11 is 0. The monoisotopic (exact) mass is 288 g/mol. The highest BCUT2D eigenvalue weighted by molar-refractivity contribution is 5.26. The van der Waals surface area contributed by atoms with Crippen molar-refractivity contribution in [2.45, 2.75) is 83.7 Å². The maximum atomic E-state index is 6.06. The molecule has 21 heavy (non-hydrogen) atoms. The molecule has 0 aromatic heterocycles. The molecule has 1 aliphatic rings. The molecule has 1 aliphatic heterocycles. The fraction of sp³-hybridized carbons (Fsp3) is 0.700. The van der Waals surface area contributed by atoms with E-state index >= 15 is 0 Å². The molecule has 2 rings (SSSR count). The molecule has 1 aromatic rings. The fourth-order valence-corrected chi connectivity index (χ4v) is 3.26. The van der Waals surface area contributed by atoms with Crippen molar-refractivity contribution in [3.63, 3.8) is 0 Å². The summed E-state index contributed by atoms with van der Waals surface area (Å²) in [5.74, 6) is 0.618. The van der Waals surface area contributed by atoms with Gasteiger partial charge in [0, 0.05) is 5.92 Å². The molecule has 1 nitrogen and oxygen atoms in total. The van der Waals surface area contributed by atoms with Crippen LogP contribution in [-0.2, 0) is 11.2 Å². The van der Waals surface area contributed by atoms with Crippen LogP contribution in [0.3, 0.4) is 0 Å². The molecule has 2 unspecified atom stereocenters. The van der Waals surface area contributed by atoms with E-state index in [2.05, 4.69) is 38.1 Å². The minimum absolute atomic E-state index is 0.523. The van der Waals surface area contributed by atoms with Gasteiger partial charge in [-0.15, -0.1) is 0 Å². The first-order valence-electron chi connectivity index (χ1n) is 9.04. The molecule has 2 atom stereocenters. The van der Waals surface area contributed by atoms with Gasteiger partial charge >= 0.3 is 0 Å². The Kier molecular flexibility index (Phi) is 7.29. The van der Waals surface area contributed by atoms with Crippen LogP contribution in [0.1, 0.15) is 82.3 Å². The average molecular weight is 288 g/mol. The predicted molar refractivity (Wildman–Crippen MR) is 90.9 cm³/mol. The van der Waals surface area contributed by atoms with Crippen molar-refractivity contribution in [2.75, 3.05) is 6.61 Å². The second kappa shape index (κ2) is 9.25. The lowest BCUT2D eigenvalue weighted by atomic mass is 9.89. The maximum absolute atomic E-state index is 6.06. The van der Waals surface area contributed by atoms with Crippen LogP contribution in [0.5, 0.6) is 0 Å². The first-order chi connectivity index (χ1) is 10.3. The minimum atomic E-state index is 0.523. The van der Waals surface area contributed by atoms with E-state index in [9.17, 15) is 0 Å². The molecule has 0 amide bonds. The number of ether oxygens (including phenoxy) is 1. The smallest absolute Gasteiger partial charge is 0.0575 e. The van der Waals surface area contributed by atoms with Crippen molar-refractivity contribution in [3.05, 3.63) is 35.4 Å². The summed E-state index contributed by atoms with van der Waals surface area (Å²) < 4.78 is 6.06. The topological polar surface area (TPSA) is 9.23 Å². The van der Waals surface area contributed by atoms with Gasteiger partial charge in [-0.1, -0.05) is 63.8 Å². The molecular formula is C20H32O. The van der Waals surface area contributed by atoms with E-state index in [-0.39, 0.29) is 0 Å². The van der Waals surface area contributed by atoms with E-state index in [4.69, 9.17) is 4.74 Å². The van der Waals surface area contributed by atoms with Crippen molar-refractivity contribution < 1.29 is 4.74 Å². The second-order valence-corrected chi connectivity index (χ2v) is 6.57. The Morgan fingerprint density at radius 2 is 1.71 bits per heavy atom. The molecule has 1 fully saturated rings. The summed E-state index contributed by atoms with van der Waals surface area (Å²) in [6.45, 7) is 5.44. The Bertz CT molecular complexity index is 373.